The molecule has 1 fully saturated rings. The average Bonchev–Trinajstić information content (AvgIpc) is 1.61. The summed E-state index contributed by atoms with van der Waals surface area (Å²) in [6, 6.07) is -0.755. The van der Waals surface area contributed by atoms with E-state index in [4.69, 9.17) is 5.11 Å². The van der Waals surface area contributed by atoms with Gasteiger partial charge in [-0.15, -0.1) is 0 Å². The quantitative estimate of drug-likeness (QED) is 0.508. The summed E-state index contributed by atoms with van der Waals surface area (Å²) >= 11 is 0. The highest BCUT2D eigenvalue weighted by Crippen LogP contribution is 2.14. The molecule has 0 bridgehead atoms. The molecule has 1 aliphatic rings. The van der Waals surface area contributed by atoms with Gasteiger partial charge in [-0.05, 0) is 13.0 Å². The molecule has 0 spiro atoms. The number of carboxylic acid groups (broad SMARTS) is 1. The predicted molar refractivity (Wildman–Crippen MR) is 26.1 cm³/mol. The van der Waals surface area contributed by atoms with E-state index in [1.807, 2.05) is 0 Å². The van der Waals surface area contributed by atoms with Crippen molar-refractivity contribution >= 4 is 5.97 Å². The molecular weight excluding hydrogens is 110 g/mol. The summed E-state index contributed by atoms with van der Waals surface area (Å²) in [5.41, 5.74) is 0. The maximum Gasteiger partial charge on any atom is 0.320 e. The fraction of sp³-hybridized carbons (Fsp3) is 0.750. The van der Waals surface area contributed by atoms with Crippen molar-refractivity contribution in [3.8, 4) is 0 Å². The van der Waals surface area contributed by atoms with Crippen molar-refractivity contribution in [2.45, 2.75) is 12.5 Å². The van der Waals surface area contributed by atoms with E-state index in [-0.39, 0.29) is 0 Å². The average molecular weight is 116 g/mol. The Labute approximate surface area is 46.3 Å². The van der Waals surface area contributed by atoms with E-state index >= 15 is 0 Å². The first-order valence-corrected chi connectivity index (χ1v) is 2.38. The van der Waals surface area contributed by atoms with Crippen molar-refractivity contribution < 1.29 is 9.90 Å². The summed E-state index contributed by atoms with van der Waals surface area (Å²) in [5.74, 6) is -1.01. The molecule has 1 unspecified atom stereocenters. The number of nitrogens with zero attached hydrogens (tertiary/aromatic N) is 1. The molecule has 1 saturated heterocycles. The Bertz CT molecular complexity index is 114. The highest BCUT2D eigenvalue weighted by Gasteiger charge is 2.26. The minimum atomic E-state index is -1.01. The number of carboxylic acids is 1. The molecule has 1 heterocycles. The van der Waals surface area contributed by atoms with E-state index in [1.165, 1.54) is 0 Å². The second-order valence-corrected chi connectivity index (χ2v) is 1.78. The van der Waals surface area contributed by atoms with Gasteiger partial charge in [-0.25, -0.2) is 0 Å². The lowest BCUT2D eigenvalue weighted by molar-refractivity contribution is -0.146. The molecular formula is C4H6NO3-. The molecule has 0 radical (unpaired) electrons. The summed E-state index contributed by atoms with van der Waals surface area (Å²) in [7, 11) is 0. The second-order valence-electron chi connectivity index (χ2n) is 1.78. The fourth-order valence-corrected chi connectivity index (χ4v) is 0.610. The largest absolute Gasteiger partial charge is 0.785 e. The van der Waals surface area contributed by atoms with Crippen molar-refractivity contribution in [2.24, 2.45) is 0 Å². The normalized spacial score (nSPS) is 29.4. The lowest BCUT2D eigenvalue weighted by atomic mass is 10.1. The Morgan fingerprint density at radius 2 is 2.50 bits per heavy atom. The summed E-state index contributed by atoms with van der Waals surface area (Å²) in [6.45, 7) is 0.372. The first kappa shape index (κ1) is 5.53. The number of hydrogen-bond acceptors (Lipinski definition) is 3. The first-order chi connectivity index (χ1) is 3.72. The van der Waals surface area contributed by atoms with E-state index in [1.54, 1.807) is 0 Å². The van der Waals surface area contributed by atoms with Crippen LogP contribution >= 0.6 is 0 Å². The highest BCUT2D eigenvalue weighted by molar-refractivity contribution is 5.74. The Hall–Kier alpha value is -0.610. The predicted octanol–water partition coefficient (Wildman–Crippen LogP) is -0.357. The number of carbonyl (C=O) groups is 1. The number of rotatable bonds is 1. The maximum absolute atomic E-state index is 10.2. The summed E-state index contributed by atoms with van der Waals surface area (Å²) < 4.78 is 0. The van der Waals surface area contributed by atoms with Crippen molar-refractivity contribution in [3.05, 3.63) is 5.21 Å². The van der Waals surface area contributed by atoms with Gasteiger partial charge in [0.1, 0.15) is 0 Å². The second kappa shape index (κ2) is 1.72. The van der Waals surface area contributed by atoms with Crippen LogP contribution in [0.1, 0.15) is 6.42 Å². The van der Waals surface area contributed by atoms with Crippen molar-refractivity contribution in [1.82, 2.24) is 5.06 Å². The summed E-state index contributed by atoms with van der Waals surface area (Å²) in [6.07, 6.45) is 0.499. The first-order valence-electron chi connectivity index (χ1n) is 2.38. The number of hydrogen-bond donors (Lipinski definition) is 1. The molecule has 0 aromatic heterocycles. The molecule has 1 rings (SSSR count). The van der Waals surface area contributed by atoms with E-state index in [2.05, 4.69) is 0 Å². The van der Waals surface area contributed by atoms with Crippen LogP contribution in [0, 0.1) is 5.21 Å². The molecule has 0 aromatic carbocycles. The molecule has 4 nitrogen and oxygen atoms in total. The van der Waals surface area contributed by atoms with Crippen LogP contribution in [0.2, 0.25) is 0 Å². The van der Waals surface area contributed by atoms with E-state index in [0.717, 1.165) is 0 Å². The van der Waals surface area contributed by atoms with Gasteiger partial charge >= 0.3 is 5.97 Å². The monoisotopic (exact) mass is 116 g/mol. The Morgan fingerprint density at radius 3 is 2.50 bits per heavy atom. The Morgan fingerprint density at radius 1 is 1.88 bits per heavy atom. The molecule has 8 heavy (non-hydrogen) atoms. The van der Waals surface area contributed by atoms with Gasteiger partial charge in [-0.1, -0.05) is 0 Å². The third kappa shape index (κ3) is 0.677. The van der Waals surface area contributed by atoms with Crippen molar-refractivity contribution in [2.75, 3.05) is 6.54 Å². The van der Waals surface area contributed by atoms with Crippen LogP contribution in [0.3, 0.4) is 0 Å². The van der Waals surface area contributed by atoms with Crippen LogP contribution < -0.4 is 0 Å². The zero-order valence-electron chi connectivity index (χ0n) is 4.20. The minimum Gasteiger partial charge on any atom is -0.785 e. The van der Waals surface area contributed by atoms with E-state index in [0.29, 0.717) is 18.0 Å². The fourth-order valence-electron chi connectivity index (χ4n) is 0.610. The van der Waals surface area contributed by atoms with Crippen LogP contribution in [0.5, 0.6) is 0 Å². The molecule has 46 valence electrons. The van der Waals surface area contributed by atoms with Crippen LogP contribution in [0.4, 0.5) is 0 Å². The SMILES string of the molecule is O=C(O)C1CCN1[O-]. The zero-order chi connectivity index (χ0) is 6.15. The topological polar surface area (TPSA) is 63.6 Å². The van der Waals surface area contributed by atoms with Gasteiger partial charge in [0, 0.05) is 0 Å². The van der Waals surface area contributed by atoms with Gasteiger partial charge in [0.15, 0.2) is 0 Å². The van der Waals surface area contributed by atoms with Gasteiger partial charge in [0.25, 0.3) is 0 Å². The molecule has 1 N–H and O–H groups in total. The zero-order valence-corrected chi connectivity index (χ0v) is 4.20. The van der Waals surface area contributed by atoms with Crippen molar-refractivity contribution in [1.29, 1.82) is 0 Å². The smallest absolute Gasteiger partial charge is 0.320 e. The third-order valence-corrected chi connectivity index (χ3v) is 1.26. The minimum absolute atomic E-state index is 0.372. The maximum atomic E-state index is 10.2. The van der Waals surface area contributed by atoms with Crippen LogP contribution in [-0.2, 0) is 4.79 Å². The van der Waals surface area contributed by atoms with Gasteiger partial charge in [0.05, 0.1) is 6.04 Å². The van der Waals surface area contributed by atoms with Crippen LogP contribution in [0.15, 0.2) is 0 Å². The molecule has 0 aliphatic carbocycles. The van der Waals surface area contributed by atoms with Gasteiger partial charge in [0.2, 0.25) is 0 Å². The van der Waals surface area contributed by atoms with Gasteiger partial charge < -0.3 is 15.4 Å². The standard InChI is InChI=1S/C4H6NO3/c6-4(7)3-1-2-5(3)8/h3H,1-2H2,(H,6,7)/q-1. The van der Waals surface area contributed by atoms with E-state index in [9.17, 15) is 10.0 Å². The molecule has 0 aromatic rings. The van der Waals surface area contributed by atoms with Crippen LogP contribution in [-0.4, -0.2) is 28.7 Å². The molecule has 1 aliphatic heterocycles. The van der Waals surface area contributed by atoms with E-state index < -0.39 is 12.0 Å². The Kier molecular flexibility index (Phi) is 1.19. The summed E-state index contributed by atoms with van der Waals surface area (Å²) in [4.78, 5) is 9.95. The Balaban J connectivity index is 2.37. The van der Waals surface area contributed by atoms with Gasteiger partial charge in [-0.3, -0.25) is 4.79 Å². The molecule has 0 amide bonds. The van der Waals surface area contributed by atoms with Crippen molar-refractivity contribution in [3.63, 3.8) is 0 Å². The molecule has 1 atom stereocenters. The number of aliphatic carboxylic acids is 1. The third-order valence-electron chi connectivity index (χ3n) is 1.26. The molecule has 0 saturated carbocycles. The van der Waals surface area contributed by atoms with Gasteiger partial charge in [-0.2, -0.15) is 0 Å². The summed E-state index contributed by atoms with van der Waals surface area (Å²) in [5, 5.41) is 18.9. The number of hydroxylamine groups is 2. The lowest BCUT2D eigenvalue weighted by Gasteiger charge is -2.43. The molecule has 4 heteroatoms. The highest BCUT2D eigenvalue weighted by atomic mass is 16.5. The lowest BCUT2D eigenvalue weighted by Crippen LogP contribution is -2.48. The van der Waals surface area contributed by atoms with Crippen LogP contribution in [0.25, 0.3) is 0 Å².